The van der Waals surface area contributed by atoms with Gasteiger partial charge in [0, 0.05) is 18.6 Å². The van der Waals surface area contributed by atoms with Gasteiger partial charge in [0.05, 0.1) is 6.04 Å². The van der Waals surface area contributed by atoms with E-state index in [0.29, 0.717) is 6.04 Å². The van der Waals surface area contributed by atoms with Crippen LogP contribution in [0.2, 0.25) is 0 Å². The lowest BCUT2D eigenvalue weighted by Gasteiger charge is -2.36. The molecule has 100 valence electrons. The van der Waals surface area contributed by atoms with Crippen molar-refractivity contribution in [3.8, 4) is 0 Å². The summed E-state index contributed by atoms with van der Waals surface area (Å²) in [5.74, 6) is -0.0146. The first-order valence-corrected chi connectivity index (χ1v) is 6.48. The molecule has 1 saturated heterocycles. The van der Waals surface area contributed by atoms with Crippen LogP contribution in [-0.2, 0) is 4.79 Å². The summed E-state index contributed by atoms with van der Waals surface area (Å²) in [7, 11) is 2.13. The molecule has 0 radical (unpaired) electrons. The van der Waals surface area contributed by atoms with Crippen molar-refractivity contribution in [2.75, 3.05) is 13.6 Å². The van der Waals surface area contributed by atoms with E-state index in [2.05, 4.69) is 24.2 Å². The van der Waals surface area contributed by atoms with Gasteiger partial charge in [-0.1, -0.05) is 20.8 Å². The SMILES string of the molecule is CC1CC(NC(=O)[C@@H](N)C(C)(C)C)CCN1C. The minimum atomic E-state index is -0.433. The minimum absolute atomic E-state index is 0.0146. The van der Waals surface area contributed by atoms with E-state index < -0.39 is 6.04 Å². The molecule has 4 nitrogen and oxygen atoms in total. The molecule has 2 unspecified atom stereocenters. The van der Waals surface area contributed by atoms with Gasteiger partial charge in [0.2, 0.25) is 5.91 Å². The average molecular weight is 241 g/mol. The zero-order valence-electron chi connectivity index (χ0n) is 11.8. The Morgan fingerprint density at radius 1 is 1.47 bits per heavy atom. The topological polar surface area (TPSA) is 58.4 Å². The maximum absolute atomic E-state index is 12.0. The molecule has 3 atom stereocenters. The highest BCUT2D eigenvalue weighted by atomic mass is 16.2. The summed E-state index contributed by atoms with van der Waals surface area (Å²) >= 11 is 0. The molecule has 0 bridgehead atoms. The lowest BCUT2D eigenvalue weighted by atomic mass is 9.86. The molecule has 3 N–H and O–H groups in total. The van der Waals surface area contributed by atoms with Crippen molar-refractivity contribution in [2.45, 2.75) is 58.7 Å². The number of carbonyl (C=O) groups excluding carboxylic acids is 1. The van der Waals surface area contributed by atoms with Crippen LogP contribution in [0, 0.1) is 5.41 Å². The van der Waals surface area contributed by atoms with Gasteiger partial charge in [-0.2, -0.15) is 0 Å². The molecule has 4 heteroatoms. The normalized spacial score (nSPS) is 28.8. The highest BCUT2D eigenvalue weighted by molar-refractivity contribution is 5.82. The third-order valence-electron chi connectivity index (χ3n) is 3.77. The van der Waals surface area contributed by atoms with Crippen LogP contribution in [0.1, 0.15) is 40.5 Å². The molecule has 0 spiro atoms. The largest absolute Gasteiger partial charge is 0.352 e. The lowest BCUT2D eigenvalue weighted by molar-refractivity contribution is -0.125. The van der Waals surface area contributed by atoms with Crippen LogP contribution in [-0.4, -0.2) is 42.5 Å². The van der Waals surface area contributed by atoms with Crippen molar-refractivity contribution >= 4 is 5.91 Å². The Hall–Kier alpha value is -0.610. The fourth-order valence-electron chi connectivity index (χ4n) is 2.10. The Morgan fingerprint density at radius 2 is 2.06 bits per heavy atom. The molecule has 0 aliphatic carbocycles. The van der Waals surface area contributed by atoms with Crippen molar-refractivity contribution < 1.29 is 4.79 Å². The number of nitrogens with zero attached hydrogens (tertiary/aromatic N) is 1. The van der Waals surface area contributed by atoms with Crippen LogP contribution in [0.3, 0.4) is 0 Å². The fraction of sp³-hybridized carbons (Fsp3) is 0.923. The Kier molecular flexibility index (Phi) is 4.55. The van der Waals surface area contributed by atoms with Gasteiger partial charge in [-0.15, -0.1) is 0 Å². The summed E-state index contributed by atoms with van der Waals surface area (Å²) in [4.78, 5) is 14.3. The summed E-state index contributed by atoms with van der Waals surface area (Å²) in [5.41, 5.74) is 5.77. The first kappa shape index (κ1) is 14.5. The van der Waals surface area contributed by atoms with Crippen LogP contribution < -0.4 is 11.1 Å². The summed E-state index contributed by atoms with van der Waals surface area (Å²) in [6, 6.07) is 0.375. The minimum Gasteiger partial charge on any atom is -0.352 e. The second kappa shape index (κ2) is 5.36. The number of hydrogen-bond acceptors (Lipinski definition) is 3. The first-order chi connectivity index (χ1) is 7.71. The van der Waals surface area contributed by atoms with E-state index in [1.165, 1.54) is 0 Å². The molecule has 0 aromatic rings. The van der Waals surface area contributed by atoms with Crippen molar-refractivity contribution in [2.24, 2.45) is 11.1 Å². The molecular weight excluding hydrogens is 214 g/mol. The number of rotatable bonds is 2. The summed E-state index contributed by atoms with van der Waals surface area (Å²) in [6.45, 7) is 9.22. The van der Waals surface area contributed by atoms with Crippen molar-refractivity contribution in [1.29, 1.82) is 0 Å². The fourth-order valence-corrected chi connectivity index (χ4v) is 2.10. The molecule has 0 saturated carbocycles. The van der Waals surface area contributed by atoms with E-state index in [1.54, 1.807) is 0 Å². The van der Waals surface area contributed by atoms with Crippen molar-refractivity contribution in [3.63, 3.8) is 0 Å². The predicted molar refractivity (Wildman–Crippen MR) is 70.7 cm³/mol. The predicted octanol–water partition coefficient (Wildman–Crippen LogP) is 0.959. The van der Waals surface area contributed by atoms with Crippen molar-refractivity contribution in [3.05, 3.63) is 0 Å². The van der Waals surface area contributed by atoms with Gasteiger partial charge in [-0.25, -0.2) is 0 Å². The number of piperidine rings is 1. The van der Waals surface area contributed by atoms with E-state index in [1.807, 2.05) is 20.8 Å². The van der Waals surface area contributed by atoms with E-state index in [-0.39, 0.29) is 17.4 Å². The van der Waals surface area contributed by atoms with Crippen molar-refractivity contribution in [1.82, 2.24) is 10.2 Å². The molecule has 0 aromatic heterocycles. The van der Waals surface area contributed by atoms with Gasteiger partial charge < -0.3 is 16.0 Å². The zero-order valence-corrected chi connectivity index (χ0v) is 11.8. The maximum atomic E-state index is 12.0. The summed E-state index contributed by atoms with van der Waals surface area (Å²) in [6.07, 6.45) is 2.03. The molecule has 1 heterocycles. The van der Waals surface area contributed by atoms with Gasteiger partial charge >= 0.3 is 0 Å². The van der Waals surface area contributed by atoms with Crippen LogP contribution in [0.25, 0.3) is 0 Å². The van der Waals surface area contributed by atoms with E-state index in [0.717, 1.165) is 19.4 Å². The molecule has 1 fully saturated rings. The number of hydrogen-bond donors (Lipinski definition) is 2. The number of likely N-dealkylation sites (tertiary alicyclic amines) is 1. The third kappa shape index (κ3) is 3.96. The van der Waals surface area contributed by atoms with Gasteiger partial charge in [0.25, 0.3) is 0 Å². The number of carbonyl (C=O) groups is 1. The highest BCUT2D eigenvalue weighted by Gasteiger charge is 2.30. The van der Waals surface area contributed by atoms with Gasteiger partial charge in [0.1, 0.15) is 0 Å². The molecule has 1 aliphatic heterocycles. The molecular formula is C13H27N3O. The van der Waals surface area contributed by atoms with Crippen LogP contribution in [0.5, 0.6) is 0 Å². The number of amides is 1. The van der Waals surface area contributed by atoms with Crippen LogP contribution >= 0.6 is 0 Å². The second-order valence-electron chi connectivity index (χ2n) is 6.40. The monoisotopic (exact) mass is 241 g/mol. The summed E-state index contributed by atoms with van der Waals surface area (Å²) < 4.78 is 0. The van der Waals surface area contributed by atoms with Crippen LogP contribution in [0.4, 0.5) is 0 Å². The van der Waals surface area contributed by atoms with Gasteiger partial charge in [-0.3, -0.25) is 4.79 Å². The molecule has 1 aliphatic rings. The molecule has 1 rings (SSSR count). The number of nitrogens with one attached hydrogen (secondary N) is 1. The third-order valence-corrected chi connectivity index (χ3v) is 3.77. The Bertz CT molecular complexity index is 272. The Balaban J connectivity index is 2.47. The second-order valence-corrected chi connectivity index (χ2v) is 6.40. The quantitative estimate of drug-likeness (QED) is 0.757. The molecule has 17 heavy (non-hydrogen) atoms. The average Bonchev–Trinajstić information content (AvgIpc) is 2.21. The standard InChI is InChI=1S/C13H27N3O/c1-9-8-10(6-7-16(9)5)15-12(17)11(14)13(2,3)4/h9-11H,6-8,14H2,1-5H3,(H,15,17)/t9?,10?,11-/m1/s1. The Labute approximate surface area is 105 Å². The van der Waals surface area contributed by atoms with Gasteiger partial charge in [0.15, 0.2) is 0 Å². The molecule has 0 aromatic carbocycles. The van der Waals surface area contributed by atoms with E-state index >= 15 is 0 Å². The zero-order chi connectivity index (χ0) is 13.2. The lowest BCUT2D eigenvalue weighted by Crippen LogP contribution is -2.54. The smallest absolute Gasteiger partial charge is 0.237 e. The number of nitrogens with two attached hydrogens (primary N) is 1. The Morgan fingerprint density at radius 3 is 2.53 bits per heavy atom. The highest BCUT2D eigenvalue weighted by Crippen LogP contribution is 2.19. The molecule has 1 amide bonds. The van der Waals surface area contributed by atoms with E-state index in [4.69, 9.17) is 5.73 Å². The first-order valence-electron chi connectivity index (χ1n) is 6.48. The van der Waals surface area contributed by atoms with Gasteiger partial charge in [-0.05, 0) is 32.2 Å². The maximum Gasteiger partial charge on any atom is 0.237 e. The summed E-state index contributed by atoms with van der Waals surface area (Å²) in [5, 5.41) is 3.09. The van der Waals surface area contributed by atoms with Crippen LogP contribution in [0.15, 0.2) is 0 Å². The van der Waals surface area contributed by atoms with E-state index in [9.17, 15) is 4.79 Å².